The van der Waals surface area contributed by atoms with Crippen LogP contribution in [0.3, 0.4) is 0 Å². The minimum atomic E-state index is -1.08. The first kappa shape index (κ1) is 25.5. The maximum Gasteiger partial charge on any atom is 0.407 e. The second kappa shape index (κ2) is 10.4. The van der Waals surface area contributed by atoms with Crippen molar-refractivity contribution in [2.24, 2.45) is 23.2 Å². The van der Waals surface area contributed by atoms with E-state index >= 15 is 0 Å². The van der Waals surface area contributed by atoms with E-state index in [0.29, 0.717) is 18.3 Å². The van der Waals surface area contributed by atoms with E-state index in [9.17, 15) is 19.1 Å². The molecule has 1 saturated carbocycles. The molecule has 1 heterocycles. The molecule has 5 atom stereocenters. The molecule has 1 saturated heterocycles. The molecule has 0 radical (unpaired) electrons. The molecule has 0 spiro atoms. The van der Waals surface area contributed by atoms with E-state index in [2.05, 4.69) is 37.9 Å². The number of rotatable bonds is 8. The molecule has 33 heavy (non-hydrogen) atoms. The number of hydrogen-bond acceptors (Lipinski definition) is 3. The molecule has 1 aliphatic carbocycles. The maximum atomic E-state index is 13.3. The number of amides is 2. The van der Waals surface area contributed by atoms with Crippen molar-refractivity contribution in [3.05, 3.63) is 35.6 Å². The maximum absolute atomic E-state index is 13.3. The van der Waals surface area contributed by atoms with Gasteiger partial charge in [-0.3, -0.25) is 14.6 Å². The van der Waals surface area contributed by atoms with Crippen LogP contribution in [0.25, 0.3) is 0 Å². The van der Waals surface area contributed by atoms with E-state index in [1.807, 2.05) is 12.1 Å². The van der Waals surface area contributed by atoms with E-state index in [1.54, 1.807) is 0 Å². The van der Waals surface area contributed by atoms with E-state index in [0.717, 1.165) is 49.4 Å². The fourth-order valence-electron chi connectivity index (χ4n) is 5.88. The van der Waals surface area contributed by atoms with Crippen molar-refractivity contribution in [1.82, 2.24) is 15.1 Å². The molecule has 184 valence electrons. The van der Waals surface area contributed by atoms with Gasteiger partial charge in [0, 0.05) is 32.7 Å². The Hall–Kier alpha value is -2.15. The standard InChI is InChI=1S/C26H40FN3O3/c1-17(13-26(2,3)4)12-23(29(5)25(32)33)24(31)28-22-11-8-19-15-30(16-21(19)22)14-18-6-9-20(27)10-7-18/h6-7,9-10,17,19,21-23H,8,11-16H2,1-5H3,(H,28,31)(H,32,33)/t17?,19-,21+,22+,23+/m1/s1. The molecule has 1 unspecified atom stereocenters. The largest absolute Gasteiger partial charge is 0.465 e. The van der Waals surface area contributed by atoms with Crippen molar-refractivity contribution in [3.63, 3.8) is 0 Å². The van der Waals surface area contributed by atoms with Gasteiger partial charge in [-0.25, -0.2) is 9.18 Å². The summed E-state index contributed by atoms with van der Waals surface area (Å²) >= 11 is 0. The number of halogens is 1. The van der Waals surface area contributed by atoms with Gasteiger partial charge in [0.25, 0.3) is 0 Å². The van der Waals surface area contributed by atoms with Crippen molar-refractivity contribution in [3.8, 4) is 0 Å². The summed E-state index contributed by atoms with van der Waals surface area (Å²) in [7, 11) is 1.49. The third-order valence-electron chi connectivity index (χ3n) is 7.24. The Bertz CT molecular complexity index is 823. The first-order valence-electron chi connectivity index (χ1n) is 12.2. The SMILES string of the molecule is CC(C[C@@H](C(=O)N[C@H]1CC[C@@H]2CN(Cc3ccc(F)cc3)C[C@@H]21)N(C)C(=O)O)CC(C)(C)C. The molecule has 1 aromatic carbocycles. The lowest BCUT2D eigenvalue weighted by Gasteiger charge is -2.31. The molecule has 0 bridgehead atoms. The van der Waals surface area contributed by atoms with Crippen LogP contribution in [0.5, 0.6) is 0 Å². The number of nitrogens with zero attached hydrogens (tertiary/aromatic N) is 2. The quantitative estimate of drug-likeness (QED) is 0.594. The Morgan fingerprint density at radius 1 is 1.21 bits per heavy atom. The van der Waals surface area contributed by atoms with Gasteiger partial charge in [-0.15, -0.1) is 0 Å². The number of likely N-dealkylation sites (tertiary alicyclic amines) is 1. The van der Waals surface area contributed by atoms with Crippen LogP contribution in [0.4, 0.5) is 9.18 Å². The van der Waals surface area contributed by atoms with Crippen LogP contribution in [0, 0.1) is 29.0 Å². The average molecular weight is 462 g/mol. The highest BCUT2D eigenvalue weighted by atomic mass is 19.1. The number of hydrogen-bond donors (Lipinski definition) is 2. The van der Waals surface area contributed by atoms with Crippen molar-refractivity contribution >= 4 is 12.0 Å². The predicted octanol–water partition coefficient (Wildman–Crippen LogP) is 4.59. The van der Waals surface area contributed by atoms with Gasteiger partial charge < -0.3 is 10.4 Å². The van der Waals surface area contributed by atoms with Gasteiger partial charge in [-0.05, 0) is 66.5 Å². The summed E-state index contributed by atoms with van der Waals surface area (Å²) in [6.45, 7) is 11.2. The monoisotopic (exact) mass is 461 g/mol. The smallest absolute Gasteiger partial charge is 0.407 e. The summed E-state index contributed by atoms with van der Waals surface area (Å²) in [4.78, 5) is 28.5. The zero-order valence-corrected chi connectivity index (χ0v) is 20.7. The van der Waals surface area contributed by atoms with Crippen LogP contribution in [0.1, 0.15) is 58.9 Å². The predicted molar refractivity (Wildman–Crippen MR) is 127 cm³/mol. The minimum absolute atomic E-state index is 0.0725. The fraction of sp³-hybridized carbons (Fsp3) is 0.692. The Labute approximate surface area is 197 Å². The van der Waals surface area contributed by atoms with E-state index in [1.165, 1.54) is 19.2 Å². The number of fused-ring (bicyclic) bond motifs is 1. The number of benzene rings is 1. The Morgan fingerprint density at radius 2 is 1.88 bits per heavy atom. The normalized spacial score (nSPS) is 24.8. The van der Waals surface area contributed by atoms with Gasteiger partial charge in [0.1, 0.15) is 11.9 Å². The number of carboxylic acid groups (broad SMARTS) is 1. The molecule has 2 aliphatic rings. The van der Waals surface area contributed by atoms with E-state index < -0.39 is 12.1 Å². The number of likely N-dealkylation sites (N-methyl/N-ethyl adjacent to an activating group) is 1. The average Bonchev–Trinajstić information content (AvgIpc) is 3.27. The van der Waals surface area contributed by atoms with Crippen LogP contribution in [0.2, 0.25) is 0 Å². The van der Waals surface area contributed by atoms with Crippen molar-refractivity contribution in [2.45, 2.75) is 72.0 Å². The third kappa shape index (κ3) is 6.92. The van der Waals surface area contributed by atoms with Crippen molar-refractivity contribution in [1.29, 1.82) is 0 Å². The molecule has 1 aliphatic heterocycles. The first-order chi connectivity index (χ1) is 15.4. The molecule has 6 nitrogen and oxygen atoms in total. The van der Waals surface area contributed by atoms with Crippen molar-refractivity contribution < 1.29 is 19.1 Å². The molecular weight excluding hydrogens is 421 g/mol. The molecule has 2 N–H and O–H groups in total. The zero-order chi connectivity index (χ0) is 24.3. The number of carbonyl (C=O) groups excluding carboxylic acids is 1. The third-order valence-corrected chi connectivity index (χ3v) is 7.24. The molecule has 2 fully saturated rings. The lowest BCUT2D eigenvalue weighted by atomic mass is 9.82. The summed E-state index contributed by atoms with van der Waals surface area (Å²) in [6.07, 6.45) is 2.37. The summed E-state index contributed by atoms with van der Waals surface area (Å²) in [5.74, 6) is 0.737. The van der Waals surface area contributed by atoms with Crippen LogP contribution in [-0.4, -0.2) is 59.1 Å². The highest BCUT2D eigenvalue weighted by Crippen LogP contribution is 2.39. The lowest BCUT2D eigenvalue weighted by molar-refractivity contribution is -0.127. The molecule has 0 aromatic heterocycles. The van der Waals surface area contributed by atoms with Gasteiger partial charge in [0.05, 0.1) is 0 Å². The van der Waals surface area contributed by atoms with Gasteiger partial charge in [0.15, 0.2) is 0 Å². The van der Waals surface area contributed by atoms with E-state index in [4.69, 9.17) is 0 Å². The first-order valence-corrected chi connectivity index (χ1v) is 12.2. The van der Waals surface area contributed by atoms with Gasteiger partial charge in [0.2, 0.25) is 5.91 Å². The fourth-order valence-corrected chi connectivity index (χ4v) is 5.88. The van der Waals surface area contributed by atoms with Crippen LogP contribution in [0.15, 0.2) is 24.3 Å². The summed E-state index contributed by atoms with van der Waals surface area (Å²) in [6, 6.07) is 6.03. The van der Waals surface area contributed by atoms with Crippen molar-refractivity contribution in [2.75, 3.05) is 20.1 Å². The Kier molecular flexibility index (Phi) is 8.04. The molecule has 7 heteroatoms. The van der Waals surface area contributed by atoms with Gasteiger partial charge >= 0.3 is 6.09 Å². The van der Waals surface area contributed by atoms with Crippen LogP contribution < -0.4 is 5.32 Å². The summed E-state index contributed by atoms with van der Waals surface area (Å²) in [5.41, 5.74) is 1.21. The second-order valence-electron chi connectivity index (χ2n) is 11.5. The highest BCUT2D eigenvalue weighted by molar-refractivity contribution is 5.85. The molecule has 3 rings (SSSR count). The topological polar surface area (TPSA) is 72.9 Å². The minimum Gasteiger partial charge on any atom is -0.465 e. The summed E-state index contributed by atoms with van der Waals surface area (Å²) < 4.78 is 13.2. The Morgan fingerprint density at radius 3 is 2.48 bits per heavy atom. The zero-order valence-electron chi connectivity index (χ0n) is 20.7. The van der Waals surface area contributed by atoms with Gasteiger partial charge in [-0.1, -0.05) is 39.8 Å². The number of nitrogens with one attached hydrogen (secondary N) is 1. The number of carbonyl (C=O) groups is 2. The second-order valence-corrected chi connectivity index (χ2v) is 11.5. The molecule has 2 amide bonds. The van der Waals surface area contributed by atoms with E-state index in [-0.39, 0.29) is 29.1 Å². The Balaban J connectivity index is 1.60. The van der Waals surface area contributed by atoms with Crippen LogP contribution in [-0.2, 0) is 11.3 Å². The lowest BCUT2D eigenvalue weighted by Crippen LogP contribution is -2.52. The van der Waals surface area contributed by atoms with Gasteiger partial charge in [-0.2, -0.15) is 0 Å². The highest BCUT2D eigenvalue weighted by Gasteiger charge is 2.44. The molecule has 1 aromatic rings. The molecular formula is C26H40FN3O3. The van der Waals surface area contributed by atoms with Crippen LogP contribution >= 0.6 is 0 Å². The summed E-state index contributed by atoms with van der Waals surface area (Å²) in [5, 5.41) is 12.8.